The molecule has 5 nitrogen and oxygen atoms in total. The lowest BCUT2D eigenvalue weighted by Gasteiger charge is -2.18. The zero-order valence-electron chi connectivity index (χ0n) is 10.8. The van der Waals surface area contributed by atoms with Crippen LogP contribution >= 0.6 is 11.6 Å². The number of carbonyl (C=O) groups is 2. The fraction of sp³-hybridized carbons (Fsp3) is 0.385. The summed E-state index contributed by atoms with van der Waals surface area (Å²) in [6, 6.07) is 4.87. The molecule has 6 heteroatoms. The van der Waals surface area contributed by atoms with E-state index in [9.17, 15) is 9.59 Å². The average Bonchev–Trinajstić information content (AvgIpc) is 2.27. The highest BCUT2D eigenvalue weighted by molar-refractivity contribution is 6.34. The Morgan fingerprint density at radius 1 is 1.42 bits per heavy atom. The summed E-state index contributed by atoms with van der Waals surface area (Å²) < 4.78 is 0. The van der Waals surface area contributed by atoms with E-state index in [1.165, 1.54) is 0 Å². The molecule has 0 spiro atoms. The van der Waals surface area contributed by atoms with E-state index in [0.717, 1.165) is 0 Å². The van der Waals surface area contributed by atoms with Crippen molar-refractivity contribution in [2.75, 3.05) is 11.9 Å². The first-order valence-corrected chi connectivity index (χ1v) is 6.27. The number of primary amides is 1. The van der Waals surface area contributed by atoms with Crippen molar-refractivity contribution in [3.63, 3.8) is 0 Å². The molecular formula is C13H17ClN2O3. The average molecular weight is 285 g/mol. The molecule has 0 saturated heterocycles. The lowest BCUT2D eigenvalue weighted by molar-refractivity contribution is -0.142. The van der Waals surface area contributed by atoms with Crippen LogP contribution in [-0.2, 0) is 4.79 Å². The van der Waals surface area contributed by atoms with Crippen LogP contribution in [-0.4, -0.2) is 23.5 Å². The Morgan fingerprint density at radius 3 is 2.53 bits per heavy atom. The van der Waals surface area contributed by atoms with Crippen LogP contribution < -0.4 is 11.1 Å². The smallest absolute Gasteiger partial charge is 0.308 e. The molecule has 4 N–H and O–H groups in total. The Morgan fingerprint density at radius 2 is 2.05 bits per heavy atom. The highest BCUT2D eigenvalue weighted by Gasteiger charge is 2.22. The van der Waals surface area contributed by atoms with Crippen molar-refractivity contribution >= 4 is 29.2 Å². The number of hydrogen-bond acceptors (Lipinski definition) is 3. The summed E-state index contributed by atoms with van der Waals surface area (Å²) in [5.41, 5.74) is 5.89. The van der Waals surface area contributed by atoms with Gasteiger partial charge in [-0.1, -0.05) is 31.5 Å². The van der Waals surface area contributed by atoms with E-state index < -0.39 is 17.8 Å². The number of aliphatic carboxylic acids is 1. The van der Waals surface area contributed by atoms with E-state index in [0.29, 0.717) is 5.69 Å². The number of benzene rings is 1. The van der Waals surface area contributed by atoms with E-state index in [1.54, 1.807) is 18.2 Å². The fourth-order valence-corrected chi connectivity index (χ4v) is 2.02. The van der Waals surface area contributed by atoms with Gasteiger partial charge in [-0.3, -0.25) is 9.59 Å². The Bertz CT molecular complexity index is 489. The van der Waals surface area contributed by atoms with Gasteiger partial charge in [-0.25, -0.2) is 0 Å². The van der Waals surface area contributed by atoms with Gasteiger partial charge < -0.3 is 16.2 Å². The van der Waals surface area contributed by atoms with Crippen molar-refractivity contribution in [3.05, 3.63) is 28.8 Å². The van der Waals surface area contributed by atoms with Gasteiger partial charge in [-0.2, -0.15) is 0 Å². The highest BCUT2D eigenvalue weighted by atomic mass is 35.5. The molecule has 104 valence electrons. The quantitative estimate of drug-likeness (QED) is 0.747. The molecule has 0 aliphatic heterocycles. The normalized spacial score (nSPS) is 12.2. The lowest BCUT2D eigenvalue weighted by Crippen LogP contribution is -2.28. The third kappa shape index (κ3) is 3.86. The van der Waals surface area contributed by atoms with Crippen LogP contribution in [0.5, 0.6) is 0 Å². The molecule has 1 rings (SSSR count). The van der Waals surface area contributed by atoms with Gasteiger partial charge in [-0.15, -0.1) is 0 Å². The van der Waals surface area contributed by atoms with E-state index in [1.807, 2.05) is 13.8 Å². The molecular weight excluding hydrogens is 268 g/mol. The molecule has 1 aromatic rings. The number of carboxylic acid groups (broad SMARTS) is 1. The molecule has 0 aliphatic carbocycles. The summed E-state index contributed by atoms with van der Waals surface area (Å²) in [5.74, 6) is -2.12. The number of carboxylic acids is 1. The molecule has 1 unspecified atom stereocenters. The minimum atomic E-state index is -0.884. The Balaban J connectivity index is 2.91. The predicted octanol–water partition coefficient (Wildman–Crippen LogP) is 2.21. The van der Waals surface area contributed by atoms with Crippen molar-refractivity contribution < 1.29 is 14.7 Å². The van der Waals surface area contributed by atoms with Crippen molar-refractivity contribution in [2.24, 2.45) is 17.6 Å². The third-order valence-corrected chi connectivity index (χ3v) is 3.21. The molecule has 0 bridgehead atoms. The molecule has 0 aliphatic rings. The van der Waals surface area contributed by atoms with E-state index in [-0.39, 0.29) is 23.0 Å². The number of nitrogens with one attached hydrogen (secondary N) is 1. The molecule has 0 radical (unpaired) electrons. The monoisotopic (exact) mass is 284 g/mol. The zero-order chi connectivity index (χ0) is 14.6. The van der Waals surface area contributed by atoms with Crippen LogP contribution in [0.3, 0.4) is 0 Å². The maximum atomic E-state index is 11.3. The maximum absolute atomic E-state index is 11.3. The summed E-state index contributed by atoms with van der Waals surface area (Å²) in [6.07, 6.45) is 0. The molecule has 1 amide bonds. The van der Waals surface area contributed by atoms with Crippen LogP contribution in [0.15, 0.2) is 18.2 Å². The van der Waals surface area contributed by atoms with Crippen molar-refractivity contribution in [1.29, 1.82) is 0 Å². The largest absolute Gasteiger partial charge is 0.481 e. The van der Waals surface area contributed by atoms with Gasteiger partial charge in [0.2, 0.25) is 0 Å². The molecule has 0 aromatic heterocycles. The number of rotatable bonds is 6. The van der Waals surface area contributed by atoms with Crippen molar-refractivity contribution in [2.45, 2.75) is 13.8 Å². The summed E-state index contributed by atoms with van der Waals surface area (Å²) in [7, 11) is 0. The first-order valence-electron chi connectivity index (χ1n) is 5.89. The predicted molar refractivity (Wildman–Crippen MR) is 74.4 cm³/mol. The van der Waals surface area contributed by atoms with E-state index >= 15 is 0 Å². The van der Waals surface area contributed by atoms with Gasteiger partial charge in [0.25, 0.3) is 5.91 Å². The van der Waals surface area contributed by atoms with Crippen LogP contribution in [0.2, 0.25) is 5.02 Å². The van der Waals surface area contributed by atoms with Gasteiger partial charge in [0.1, 0.15) is 0 Å². The van der Waals surface area contributed by atoms with Crippen molar-refractivity contribution in [1.82, 2.24) is 0 Å². The molecule has 1 aromatic carbocycles. The number of hydrogen-bond donors (Lipinski definition) is 3. The van der Waals surface area contributed by atoms with Gasteiger partial charge in [-0.05, 0) is 18.1 Å². The second-order valence-corrected chi connectivity index (χ2v) is 5.00. The van der Waals surface area contributed by atoms with Crippen LogP contribution in [0.4, 0.5) is 5.69 Å². The molecule has 0 fully saturated rings. The summed E-state index contributed by atoms with van der Waals surface area (Å²) in [6.45, 7) is 3.86. The van der Waals surface area contributed by atoms with Gasteiger partial charge in [0.15, 0.2) is 0 Å². The summed E-state index contributed by atoms with van der Waals surface area (Å²) in [4.78, 5) is 22.4. The van der Waals surface area contributed by atoms with Crippen LogP contribution in [0.25, 0.3) is 0 Å². The van der Waals surface area contributed by atoms with E-state index in [2.05, 4.69) is 5.32 Å². The fourth-order valence-electron chi connectivity index (χ4n) is 1.75. The van der Waals surface area contributed by atoms with Gasteiger partial charge in [0, 0.05) is 12.2 Å². The topological polar surface area (TPSA) is 92.4 Å². The standard InChI is InChI=1S/C13H17ClN2O3/c1-7(2)8(13(18)19)6-16-10-5-3-4-9(14)11(10)12(15)17/h3-5,7-8,16H,6H2,1-2H3,(H2,15,17)(H,18,19). The molecule has 0 heterocycles. The highest BCUT2D eigenvalue weighted by Crippen LogP contribution is 2.24. The second kappa shape index (κ2) is 6.43. The number of amides is 1. The minimum absolute atomic E-state index is 0.0267. The molecule has 0 saturated carbocycles. The maximum Gasteiger partial charge on any atom is 0.308 e. The number of anilines is 1. The first kappa shape index (κ1) is 15.3. The zero-order valence-corrected chi connectivity index (χ0v) is 11.6. The second-order valence-electron chi connectivity index (χ2n) is 4.60. The van der Waals surface area contributed by atoms with Gasteiger partial charge >= 0.3 is 5.97 Å². The van der Waals surface area contributed by atoms with Crippen molar-refractivity contribution in [3.8, 4) is 0 Å². The Labute approximate surface area is 116 Å². The first-order chi connectivity index (χ1) is 8.84. The Kier molecular flexibility index (Phi) is 5.18. The molecule has 19 heavy (non-hydrogen) atoms. The SMILES string of the molecule is CC(C)C(CNc1cccc(Cl)c1C(N)=O)C(=O)O. The summed E-state index contributed by atoms with van der Waals surface area (Å²) >= 11 is 5.91. The molecule has 1 atom stereocenters. The summed E-state index contributed by atoms with van der Waals surface area (Å²) in [5, 5.41) is 12.3. The van der Waals surface area contributed by atoms with Crippen LogP contribution in [0.1, 0.15) is 24.2 Å². The number of halogens is 1. The van der Waals surface area contributed by atoms with Crippen LogP contribution in [0, 0.1) is 11.8 Å². The van der Waals surface area contributed by atoms with E-state index in [4.69, 9.17) is 22.4 Å². The Hall–Kier alpha value is -1.75. The minimum Gasteiger partial charge on any atom is -0.481 e. The third-order valence-electron chi connectivity index (χ3n) is 2.89. The van der Waals surface area contributed by atoms with Gasteiger partial charge in [0.05, 0.1) is 16.5 Å². The lowest BCUT2D eigenvalue weighted by atomic mass is 9.96. The number of nitrogens with two attached hydrogens (primary N) is 1. The number of carbonyl (C=O) groups excluding carboxylic acids is 1.